The van der Waals surface area contributed by atoms with Crippen LogP contribution in [0, 0.1) is 6.92 Å². The highest BCUT2D eigenvalue weighted by Gasteiger charge is 2.19. The van der Waals surface area contributed by atoms with Crippen molar-refractivity contribution in [3.8, 4) is 28.7 Å². The van der Waals surface area contributed by atoms with Crippen LogP contribution in [0.5, 0.6) is 28.7 Å². The largest absolute Gasteiger partial charge is 0.493 e. The topological polar surface area (TPSA) is 105 Å². The van der Waals surface area contributed by atoms with Gasteiger partial charge in [-0.05, 0) is 55.0 Å². The Labute approximate surface area is 213 Å². The van der Waals surface area contributed by atoms with E-state index in [2.05, 4.69) is 10.5 Å². The number of hydrazone groups is 1. The molecule has 1 N–H and O–H groups in total. The van der Waals surface area contributed by atoms with Crippen LogP contribution in [0.3, 0.4) is 0 Å². The lowest BCUT2D eigenvalue weighted by Gasteiger charge is -2.14. The highest BCUT2D eigenvalue weighted by atomic mass is 35.5. The van der Waals surface area contributed by atoms with Gasteiger partial charge in [-0.3, -0.25) is 4.79 Å². The summed E-state index contributed by atoms with van der Waals surface area (Å²) in [7, 11) is 4.37. The number of nitrogens with one attached hydrogen (secondary N) is 1. The van der Waals surface area contributed by atoms with Crippen molar-refractivity contribution in [3.63, 3.8) is 0 Å². The van der Waals surface area contributed by atoms with E-state index in [0.717, 1.165) is 5.56 Å². The van der Waals surface area contributed by atoms with Gasteiger partial charge >= 0.3 is 5.97 Å². The highest BCUT2D eigenvalue weighted by molar-refractivity contribution is 6.31. The Morgan fingerprint density at radius 2 is 1.64 bits per heavy atom. The van der Waals surface area contributed by atoms with E-state index < -0.39 is 11.9 Å². The number of aryl methyl sites for hydroxylation is 1. The molecule has 36 heavy (non-hydrogen) atoms. The number of rotatable bonds is 10. The molecule has 0 unspecified atom stereocenters. The van der Waals surface area contributed by atoms with Crippen molar-refractivity contribution in [1.82, 2.24) is 5.43 Å². The maximum Gasteiger partial charge on any atom is 0.343 e. The summed E-state index contributed by atoms with van der Waals surface area (Å²) in [5.74, 6) is 0.628. The number of nitrogens with zero attached hydrogens (tertiary/aromatic N) is 1. The molecule has 10 heteroatoms. The first-order chi connectivity index (χ1) is 17.4. The number of benzene rings is 3. The van der Waals surface area contributed by atoms with E-state index in [1.54, 1.807) is 42.5 Å². The molecular weight excluding hydrogens is 488 g/mol. The number of halogens is 1. The maximum absolute atomic E-state index is 12.8. The van der Waals surface area contributed by atoms with E-state index in [1.807, 2.05) is 6.92 Å². The molecule has 188 valence electrons. The Kier molecular flexibility index (Phi) is 9.13. The van der Waals surface area contributed by atoms with E-state index in [4.69, 9.17) is 35.3 Å². The Morgan fingerprint density at radius 3 is 2.28 bits per heavy atom. The molecule has 0 atom stereocenters. The van der Waals surface area contributed by atoms with Crippen LogP contribution in [0.25, 0.3) is 0 Å². The summed E-state index contributed by atoms with van der Waals surface area (Å²) in [6.07, 6.45) is 1.36. The molecule has 0 spiro atoms. The summed E-state index contributed by atoms with van der Waals surface area (Å²) < 4.78 is 26.9. The summed E-state index contributed by atoms with van der Waals surface area (Å²) >= 11 is 5.99. The number of amides is 1. The monoisotopic (exact) mass is 512 g/mol. The van der Waals surface area contributed by atoms with Gasteiger partial charge in [-0.15, -0.1) is 0 Å². The number of hydrogen-bond acceptors (Lipinski definition) is 8. The average molecular weight is 513 g/mol. The molecule has 0 saturated carbocycles. The first-order valence-corrected chi connectivity index (χ1v) is 11.1. The number of methoxy groups -OCH3 is 3. The molecule has 0 aromatic heterocycles. The molecule has 0 radical (unpaired) electrons. The van der Waals surface area contributed by atoms with E-state index in [9.17, 15) is 9.59 Å². The summed E-state index contributed by atoms with van der Waals surface area (Å²) in [6.45, 7) is 1.60. The van der Waals surface area contributed by atoms with E-state index >= 15 is 0 Å². The number of ether oxygens (including phenoxy) is 5. The second-order valence-electron chi connectivity index (χ2n) is 7.33. The molecule has 3 aromatic rings. The molecule has 0 fully saturated rings. The summed E-state index contributed by atoms with van der Waals surface area (Å²) in [4.78, 5) is 24.9. The number of hydrogen-bond donors (Lipinski definition) is 1. The second kappa shape index (κ2) is 12.5. The lowest BCUT2D eigenvalue weighted by molar-refractivity contribution is -0.123. The third-order valence-electron chi connectivity index (χ3n) is 4.91. The first kappa shape index (κ1) is 26.4. The SMILES string of the molecule is COc1cc(C(=O)Oc2ccccc2/C=N/NC(=O)COc2ccc(Cl)c(C)c2)cc(OC)c1OC. The number of para-hydroxylation sites is 1. The fourth-order valence-electron chi connectivity index (χ4n) is 3.10. The summed E-state index contributed by atoms with van der Waals surface area (Å²) in [5.41, 5.74) is 3.87. The minimum absolute atomic E-state index is 0.194. The molecule has 0 saturated heterocycles. The maximum atomic E-state index is 12.8. The fraction of sp³-hybridized carbons (Fsp3) is 0.192. The van der Waals surface area contributed by atoms with Gasteiger partial charge in [0.05, 0.1) is 33.1 Å². The molecular formula is C26H25ClN2O7. The van der Waals surface area contributed by atoms with E-state index in [-0.39, 0.29) is 17.9 Å². The minimum atomic E-state index is -0.647. The normalized spacial score (nSPS) is 10.6. The van der Waals surface area contributed by atoms with Gasteiger partial charge in [0.15, 0.2) is 18.1 Å². The van der Waals surface area contributed by atoms with Gasteiger partial charge in [0, 0.05) is 10.6 Å². The average Bonchev–Trinajstić information content (AvgIpc) is 2.89. The van der Waals surface area contributed by atoms with Gasteiger partial charge in [0.1, 0.15) is 11.5 Å². The lowest BCUT2D eigenvalue weighted by atomic mass is 10.1. The van der Waals surface area contributed by atoms with Crippen molar-refractivity contribution in [2.75, 3.05) is 27.9 Å². The van der Waals surface area contributed by atoms with Gasteiger partial charge in [0.25, 0.3) is 5.91 Å². The third kappa shape index (κ3) is 6.67. The van der Waals surface area contributed by atoms with Crippen LogP contribution >= 0.6 is 11.6 Å². The van der Waals surface area contributed by atoms with Crippen LogP contribution in [-0.4, -0.2) is 46.0 Å². The molecule has 0 heterocycles. The fourth-order valence-corrected chi connectivity index (χ4v) is 3.22. The van der Waals surface area contributed by atoms with Crippen molar-refractivity contribution in [3.05, 3.63) is 76.3 Å². The molecule has 0 aliphatic carbocycles. The summed E-state index contributed by atoms with van der Waals surface area (Å²) in [6, 6.07) is 14.8. The predicted molar refractivity (Wildman–Crippen MR) is 135 cm³/mol. The van der Waals surface area contributed by atoms with Crippen LogP contribution < -0.4 is 29.1 Å². The Morgan fingerprint density at radius 1 is 0.944 bits per heavy atom. The van der Waals surface area contributed by atoms with Gasteiger partial charge < -0.3 is 23.7 Å². The zero-order valence-electron chi connectivity index (χ0n) is 20.2. The third-order valence-corrected chi connectivity index (χ3v) is 5.34. The predicted octanol–water partition coefficient (Wildman–Crippen LogP) is 4.42. The molecule has 1 amide bonds. The highest BCUT2D eigenvalue weighted by Crippen LogP contribution is 2.38. The zero-order valence-corrected chi connectivity index (χ0v) is 20.9. The molecule has 3 rings (SSSR count). The second-order valence-corrected chi connectivity index (χ2v) is 7.74. The zero-order chi connectivity index (χ0) is 26.1. The van der Waals surface area contributed by atoms with Crippen molar-refractivity contribution < 1.29 is 33.3 Å². The molecule has 9 nitrogen and oxygen atoms in total. The lowest BCUT2D eigenvalue weighted by Crippen LogP contribution is -2.24. The molecule has 3 aromatic carbocycles. The summed E-state index contributed by atoms with van der Waals surface area (Å²) in [5, 5.41) is 4.54. The van der Waals surface area contributed by atoms with Crippen LogP contribution in [0.15, 0.2) is 59.7 Å². The van der Waals surface area contributed by atoms with E-state index in [1.165, 1.54) is 39.7 Å². The van der Waals surface area contributed by atoms with Gasteiger partial charge in [-0.2, -0.15) is 5.10 Å². The molecule has 0 aliphatic heterocycles. The smallest absolute Gasteiger partial charge is 0.343 e. The Hall–Kier alpha value is -4.24. The van der Waals surface area contributed by atoms with Crippen LogP contribution in [0.4, 0.5) is 0 Å². The standard InChI is InChI=1S/C26H25ClN2O7/c1-16-11-19(9-10-20(16)27)35-15-24(30)29-28-14-17-7-5-6-8-21(17)36-26(31)18-12-22(32-2)25(34-4)23(13-18)33-3/h5-14H,15H2,1-4H3,(H,29,30)/b28-14+. The number of esters is 1. The van der Waals surface area contributed by atoms with E-state index in [0.29, 0.717) is 33.6 Å². The van der Waals surface area contributed by atoms with Crippen molar-refractivity contribution in [2.24, 2.45) is 5.10 Å². The molecule has 0 bridgehead atoms. The van der Waals surface area contributed by atoms with Gasteiger partial charge in [0.2, 0.25) is 5.75 Å². The van der Waals surface area contributed by atoms with Crippen LogP contribution in [0.2, 0.25) is 5.02 Å². The van der Waals surface area contributed by atoms with Crippen LogP contribution in [-0.2, 0) is 4.79 Å². The molecule has 0 aliphatic rings. The van der Waals surface area contributed by atoms with Gasteiger partial charge in [-0.1, -0.05) is 23.7 Å². The van der Waals surface area contributed by atoms with Crippen molar-refractivity contribution >= 4 is 29.7 Å². The quantitative estimate of drug-likeness (QED) is 0.185. The Balaban J connectivity index is 1.65. The number of carbonyl (C=O) groups is 2. The van der Waals surface area contributed by atoms with Crippen LogP contribution in [0.1, 0.15) is 21.5 Å². The van der Waals surface area contributed by atoms with Gasteiger partial charge in [-0.25, -0.2) is 10.2 Å². The van der Waals surface area contributed by atoms with Crippen molar-refractivity contribution in [1.29, 1.82) is 0 Å². The minimum Gasteiger partial charge on any atom is -0.493 e. The Bertz CT molecular complexity index is 1250. The van der Waals surface area contributed by atoms with Crippen molar-refractivity contribution in [2.45, 2.75) is 6.92 Å². The number of carbonyl (C=O) groups excluding carboxylic acids is 2. The first-order valence-electron chi connectivity index (χ1n) is 10.7.